The van der Waals surface area contributed by atoms with Gasteiger partial charge in [0, 0.05) is 6.20 Å². The average molecular weight is 459 g/mol. The lowest BCUT2D eigenvalue weighted by atomic mass is 10.1. The van der Waals surface area contributed by atoms with Gasteiger partial charge < -0.3 is 0 Å². The summed E-state index contributed by atoms with van der Waals surface area (Å²) in [6.07, 6.45) is 1.55. The van der Waals surface area contributed by atoms with Gasteiger partial charge in [-0.2, -0.15) is 5.10 Å². The highest BCUT2D eigenvalue weighted by Crippen LogP contribution is 2.28. The maximum Gasteiger partial charge on any atom is 0.263 e. The first kappa shape index (κ1) is 21.0. The van der Waals surface area contributed by atoms with E-state index in [4.69, 9.17) is 34.8 Å². The van der Waals surface area contributed by atoms with Gasteiger partial charge in [-0.15, -0.1) is 0 Å². The molecule has 0 aliphatic heterocycles. The van der Waals surface area contributed by atoms with Crippen molar-refractivity contribution in [3.05, 3.63) is 73.9 Å². The van der Waals surface area contributed by atoms with E-state index < -0.39 is 10.0 Å². The van der Waals surface area contributed by atoms with Crippen molar-refractivity contribution in [3.63, 3.8) is 0 Å². The third-order valence-corrected chi connectivity index (χ3v) is 6.81. The number of sulfonamides is 1. The molecule has 0 saturated carbocycles. The van der Waals surface area contributed by atoms with Crippen LogP contribution < -0.4 is 4.72 Å². The summed E-state index contributed by atoms with van der Waals surface area (Å²) in [6.45, 7) is 5.81. The second-order valence-corrected chi connectivity index (χ2v) is 9.45. The van der Waals surface area contributed by atoms with E-state index in [0.717, 1.165) is 11.1 Å². The number of halogens is 3. The largest absolute Gasteiger partial charge is 0.265 e. The first-order valence-corrected chi connectivity index (χ1v) is 11.0. The van der Waals surface area contributed by atoms with Crippen molar-refractivity contribution in [1.82, 2.24) is 9.78 Å². The van der Waals surface area contributed by atoms with Gasteiger partial charge in [-0.05, 0) is 49.6 Å². The smallest absolute Gasteiger partial charge is 0.263 e. The fourth-order valence-corrected chi connectivity index (χ4v) is 5.19. The van der Waals surface area contributed by atoms with E-state index in [9.17, 15) is 8.42 Å². The maximum atomic E-state index is 12.9. The lowest BCUT2D eigenvalue weighted by Gasteiger charge is -2.12. The van der Waals surface area contributed by atoms with Gasteiger partial charge in [-0.25, -0.2) is 8.42 Å². The number of hydrogen-bond donors (Lipinski definition) is 1. The monoisotopic (exact) mass is 457 g/mol. The number of rotatable bonds is 5. The zero-order valence-corrected chi connectivity index (χ0v) is 18.5. The molecule has 0 unspecified atom stereocenters. The second-order valence-electron chi connectivity index (χ2n) is 6.61. The fraction of sp³-hybridized carbons (Fsp3) is 0.211. The number of anilines is 1. The highest BCUT2D eigenvalue weighted by Gasteiger charge is 2.22. The van der Waals surface area contributed by atoms with E-state index in [1.807, 2.05) is 25.1 Å². The number of aryl methyl sites for hydroxylation is 3. The summed E-state index contributed by atoms with van der Waals surface area (Å²) in [4.78, 5) is 0.230. The van der Waals surface area contributed by atoms with Crippen LogP contribution in [0.2, 0.25) is 15.1 Å². The number of nitrogens with one attached hydrogen (secondary N) is 1. The van der Waals surface area contributed by atoms with Crippen LogP contribution in [0.5, 0.6) is 0 Å². The molecule has 0 spiro atoms. The normalized spacial score (nSPS) is 11.6. The minimum absolute atomic E-state index is 0.0705. The Morgan fingerprint density at radius 3 is 2.21 bits per heavy atom. The Balaban J connectivity index is 1.88. The summed E-state index contributed by atoms with van der Waals surface area (Å²) in [6, 6.07) is 8.88. The van der Waals surface area contributed by atoms with E-state index in [0.29, 0.717) is 27.7 Å². The number of nitrogens with zero attached hydrogens (tertiary/aromatic N) is 2. The first-order chi connectivity index (χ1) is 13.1. The molecule has 1 N–H and O–H groups in total. The maximum absolute atomic E-state index is 12.9. The van der Waals surface area contributed by atoms with Crippen molar-refractivity contribution >= 4 is 50.6 Å². The minimum atomic E-state index is -3.83. The Labute approximate surface area is 179 Å². The summed E-state index contributed by atoms with van der Waals surface area (Å²) in [5, 5.41) is 5.36. The molecule has 28 heavy (non-hydrogen) atoms. The highest BCUT2D eigenvalue weighted by atomic mass is 35.5. The standard InChI is InChI=1S/C19H18Cl3N3O2S/c1-11-6-12(2)18(13(3)7-11)28(26,27)24-19-17(22)10-25(23-19)9-14-4-5-15(20)16(21)8-14/h4-8,10H,9H2,1-3H3,(H,23,24). The molecule has 3 rings (SSSR count). The third kappa shape index (κ3) is 4.46. The molecule has 5 nitrogen and oxygen atoms in total. The number of hydrogen-bond acceptors (Lipinski definition) is 3. The van der Waals surface area contributed by atoms with Gasteiger partial charge in [0.2, 0.25) is 0 Å². The van der Waals surface area contributed by atoms with E-state index in [-0.39, 0.29) is 15.7 Å². The van der Waals surface area contributed by atoms with Crippen molar-refractivity contribution < 1.29 is 8.42 Å². The highest BCUT2D eigenvalue weighted by molar-refractivity contribution is 7.92. The number of aromatic nitrogens is 2. The van der Waals surface area contributed by atoms with Gasteiger partial charge in [0.05, 0.1) is 21.5 Å². The van der Waals surface area contributed by atoms with Crippen molar-refractivity contribution in [1.29, 1.82) is 0 Å². The molecule has 1 heterocycles. The third-order valence-electron chi connectivity index (χ3n) is 4.15. The second kappa shape index (κ2) is 7.95. The SMILES string of the molecule is Cc1cc(C)c(S(=O)(=O)Nc2nn(Cc3ccc(Cl)c(Cl)c3)cc2Cl)c(C)c1. The van der Waals surface area contributed by atoms with Crippen LogP contribution in [0.1, 0.15) is 22.3 Å². The van der Waals surface area contributed by atoms with Gasteiger partial charge in [0.25, 0.3) is 10.0 Å². The lowest BCUT2D eigenvalue weighted by Crippen LogP contribution is -2.17. The summed E-state index contributed by atoms with van der Waals surface area (Å²) >= 11 is 18.2. The van der Waals surface area contributed by atoms with Crippen molar-refractivity contribution in [2.24, 2.45) is 0 Å². The zero-order chi connectivity index (χ0) is 20.6. The fourth-order valence-electron chi connectivity index (χ4n) is 3.14. The molecule has 9 heteroatoms. The van der Waals surface area contributed by atoms with E-state index in [1.165, 1.54) is 4.68 Å². The Bertz CT molecular complexity index is 1130. The van der Waals surface area contributed by atoms with Crippen molar-refractivity contribution in [2.75, 3.05) is 4.72 Å². The van der Waals surface area contributed by atoms with Gasteiger partial charge in [-0.3, -0.25) is 9.40 Å². The Kier molecular flexibility index (Phi) is 5.96. The molecule has 0 saturated heterocycles. The van der Waals surface area contributed by atoms with Crippen molar-refractivity contribution in [3.8, 4) is 0 Å². The van der Waals surface area contributed by atoms with E-state index in [2.05, 4.69) is 9.82 Å². The van der Waals surface area contributed by atoms with Gasteiger partial charge in [0.1, 0.15) is 5.02 Å². The lowest BCUT2D eigenvalue weighted by molar-refractivity contribution is 0.599. The van der Waals surface area contributed by atoms with Crippen LogP contribution in [-0.4, -0.2) is 18.2 Å². The predicted octanol–water partition coefficient (Wildman–Crippen LogP) is 5.62. The molecule has 0 atom stereocenters. The molecular formula is C19H18Cl3N3O2S. The summed E-state index contributed by atoms with van der Waals surface area (Å²) in [5.41, 5.74) is 3.18. The predicted molar refractivity (Wildman–Crippen MR) is 114 cm³/mol. The molecule has 1 aromatic heterocycles. The molecule has 0 aliphatic rings. The summed E-state index contributed by atoms with van der Waals surface area (Å²) in [5.74, 6) is 0.0705. The molecule has 148 valence electrons. The van der Waals surface area contributed by atoms with E-state index in [1.54, 1.807) is 32.2 Å². The summed E-state index contributed by atoms with van der Waals surface area (Å²) < 4.78 is 29.8. The zero-order valence-electron chi connectivity index (χ0n) is 15.4. The summed E-state index contributed by atoms with van der Waals surface area (Å²) in [7, 11) is -3.83. The molecule has 2 aromatic carbocycles. The first-order valence-electron chi connectivity index (χ1n) is 8.34. The Hall–Kier alpha value is -1.73. The molecule has 0 bridgehead atoms. The molecule has 0 aliphatic carbocycles. The van der Waals surface area contributed by atoms with Crippen LogP contribution in [0.4, 0.5) is 5.82 Å². The molecule has 0 radical (unpaired) electrons. The number of benzene rings is 2. The average Bonchev–Trinajstić information content (AvgIpc) is 2.88. The van der Waals surface area contributed by atoms with Gasteiger partial charge in [0.15, 0.2) is 5.82 Å². The Morgan fingerprint density at radius 1 is 0.964 bits per heavy atom. The minimum Gasteiger partial charge on any atom is -0.265 e. The Morgan fingerprint density at radius 2 is 1.61 bits per heavy atom. The van der Waals surface area contributed by atoms with Crippen LogP contribution in [-0.2, 0) is 16.6 Å². The van der Waals surface area contributed by atoms with Crippen LogP contribution in [0.25, 0.3) is 0 Å². The van der Waals surface area contributed by atoms with Gasteiger partial charge >= 0.3 is 0 Å². The topological polar surface area (TPSA) is 64.0 Å². The molecular weight excluding hydrogens is 441 g/mol. The van der Waals surface area contributed by atoms with Crippen LogP contribution >= 0.6 is 34.8 Å². The van der Waals surface area contributed by atoms with E-state index >= 15 is 0 Å². The molecule has 3 aromatic rings. The van der Waals surface area contributed by atoms with Crippen LogP contribution in [0.15, 0.2) is 41.4 Å². The van der Waals surface area contributed by atoms with Gasteiger partial charge in [-0.1, -0.05) is 58.6 Å². The van der Waals surface area contributed by atoms with Crippen LogP contribution in [0, 0.1) is 20.8 Å². The quantitative estimate of drug-likeness (QED) is 0.540. The molecule has 0 fully saturated rings. The van der Waals surface area contributed by atoms with Crippen LogP contribution in [0.3, 0.4) is 0 Å². The van der Waals surface area contributed by atoms with Crippen molar-refractivity contribution in [2.45, 2.75) is 32.2 Å². The molecule has 0 amide bonds.